The third kappa shape index (κ3) is 6.35. The van der Waals surface area contributed by atoms with Crippen molar-refractivity contribution < 1.29 is 18.3 Å². The van der Waals surface area contributed by atoms with Crippen molar-refractivity contribution >= 4 is 16.3 Å². The predicted octanol–water partition coefficient (Wildman–Crippen LogP) is 0.277. The number of amides is 1. The lowest BCUT2D eigenvalue weighted by Crippen LogP contribution is -2.43. The van der Waals surface area contributed by atoms with Gasteiger partial charge in [0, 0.05) is 6.04 Å². The second-order valence-corrected chi connectivity index (χ2v) is 4.16. The lowest BCUT2D eigenvalue weighted by atomic mass is 10.2. The van der Waals surface area contributed by atoms with Crippen LogP contribution in [0.2, 0.25) is 0 Å². The Bertz CT molecular complexity index is 262. The van der Waals surface area contributed by atoms with Gasteiger partial charge in [-0.15, -0.1) is 0 Å². The van der Waals surface area contributed by atoms with Crippen LogP contribution in [0.25, 0.3) is 0 Å². The van der Waals surface area contributed by atoms with E-state index in [0.29, 0.717) is 6.42 Å². The van der Waals surface area contributed by atoms with Crippen LogP contribution in [0.5, 0.6) is 0 Å². The van der Waals surface area contributed by atoms with Crippen molar-refractivity contribution in [1.82, 2.24) is 9.44 Å². The predicted molar refractivity (Wildman–Crippen MR) is 47.6 cm³/mol. The van der Waals surface area contributed by atoms with Crippen LogP contribution in [0.3, 0.4) is 0 Å². The molecule has 13 heavy (non-hydrogen) atoms. The van der Waals surface area contributed by atoms with Gasteiger partial charge in [-0.2, -0.15) is 13.1 Å². The molecule has 0 aromatic rings. The lowest BCUT2D eigenvalue weighted by molar-refractivity contribution is 0.201. The molecule has 1 atom stereocenters. The van der Waals surface area contributed by atoms with Crippen molar-refractivity contribution in [3.8, 4) is 0 Å². The van der Waals surface area contributed by atoms with Crippen molar-refractivity contribution in [2.45, 2.75) is 32.7 Å². The second kappa shape index (κ2) is 5.03. The molecule has 0 saturated carbocycles. The van der Waals surface area contributed by atoms with Gasteiger partial charge in [-0.25, -0.2) is 9.52 Å². The molecular weight excluding hydrogens is 196 g/mol. The SMILES string of the molecule is CCCC(C)NS(=O)(=O)NC(=O)O. The standard InChI is InChI=1S/C6H14N2O4S/c1-3-4-5(2)7-13(11,12)8-6(9)10/h5,7-8H,3-4H2,1-2H3,(H,9,10). The maximum absolute atomic E-state index is 10.9. The van der Waals surface area contributed by atoms with Gasteiger partial charge in [0.15, 0.2) is 0 Å². The average Bonchev–Trinajstić information content (AvgIpc) is 1.81. The van der Waals surface area contributed by atoms with E-state index < -0.39 is 16.3 Å². The molecule has 1 amide bonds. The third-order valence-electron chi connectivity index (χ3n) is 1.30. The lowest BCUT2D eigenvalue weighted by Gasteiger charge is -2.11. The Morgan fingerprint density at radius 2 is 2.08 bits per heavy atom. The van der Waals surface area contributed by atoms with Gasteiger partial charge in [0.25, 0.3) is 0 Å². The summed E-state index contributed by atoms with van der Waals surface area (Å²) in [6.45, 7) is 3.58. The smallest absolute Gasteiger partial charge is 0.419 e. The number of hydrogen-bond donors (Lipinski definition) is 3. The van der Waals surface area contributed by atoms with Crippen molar-refractivity contribution in [1.29, 1.82) is 0 Å². The van der Waals surface area contributed by atoms with Crippen LogP contribution in [-0.4, -0.2) is 25.7 Å². The first-order valence-corrected chi connectivity index (χ1v) is 5.38. The number of rotatable bonds is 5. The van der Waals surface area contributed by atoms with Gasteiger partial charge in [-0.05, 0) is 13.3 Å². The summed E-state index contributed by atoms with van der Waals surface area (Å²) in [5, 5.41) is 8.16. The summed E-state index contributed by atoms with van der Waals surface area (Å²) in [7, 11) is -3.90. The number of hydrogen-bond acceptors (Lipinski definition) is 3. The van der Waals surface area contributed by atoms with E-state index in [1.807, 2.05) is 6.92 Å². The van der Waals surface area contributed by atoms with E-state index in [2.05, 4.69) is 4.72 Å². The van der Waals surface area contributed by atoms with E-state index in [9.17, 15) is 13.2 Å². The Morgan fingerprint density at radius 3 is 2.46 bits per heavy atom. The van der Waals surface area contributed by atoms with Crippen LogP contribution in [0.15, 0.2) is 0 Å². The first kappa shape index (κ1) is 12.2. The van der Waals surface area contributed by atoms with Crippen molar-refractivity contribution in [3.63, 3.8) is 0 Å². The van der Waals surface area contributed by atoms with Crippen molar-refractivity contribution in [2.24, 2.45) is 0 Å². The van der Waals surface area contributed by atoms with Gasteiger partial charge in [-0.1, -0.05) is 13.3 Å². The zero-order chi connectivity index (χ0) is 10.5. The molecule has 0 aliphatic heterocycles. The molecule has 0 spiro atoms. The molecule has 0 aliphatic rings. The average molecular weight is 210 g/mol. The molecule has 0 saturated heterocycles. The first-order valence-electron chi connectivity index (χ1n) is 3.90. The van der Waals surface area contributed by atoms with Gasteiger partial charge >= 0.3 is 16.3 Å². The number of carboxylic acid groups (broad SMARTS) is 1. The Kier molecular flexibility index (Phi) is 4.71. The minimum Gasteiger partial charge on any atom is -0.464 e. The molecule has 0 rings (SSSR count). The van der Waals surface area contributed by atoms with E-state index in [1.165, 1.54) is 4.72 Å². The van der Waals surface area contributed by atoms with E-state index >= 15 is 0 Å². The maximum Gasteiger partial charge on any atom is 0.419 e. The Labute approximate surface area is 77.5 Å². The summed E-state index contributed by atoms with van der Waals surface area (Å²) in [5.41, 5.74) is 0. The fourth-order valence-corrected chi connectivity index (χ4v) is 1.84. The van der Waals surface area contributed by atoms with Gasteiger partial charge in [0.05, 0.1) is 0 Å². The van der Waals surface area contributed by atoms with Crippen LogP contribution in [0, 0.1) is 0 Å². The molecule has 0 bridgehead atoms. The van der Waals surface area contributed by atoms with Gasteiger partial charge in [-0.3, -0.25) is 0 Å². The first-order chi connectivity index (χ1) is 5.87. The summed E-state index contributed by atoms with van der Waals surface area (Å²) in [5.74, 6) is 0. The highest BCUT2D eigenvalue weighted by molar-refractivity contribution is 7.88. The summed E-state index contributed by atoms with van der Waals surface area (Å²) >= 11 is 0. The normalized spacial score (nSPS) is 13.7. The van der Waals surface area contributed by atoms with Crippen LogP contribution < -0.4 is 9.44 Å². The monoisotopic (exact) mass is 210 g/mol. The van der Waals surface area contributed by atoms with E-state index in [4.69, 9.17) is 5.11 Å². The minimum atomic E-state index is -3.90. The molecule has 7 heteroatoms. The van der Waals surface area contributed by atoms with Gasteiger partial charge in [0.1, 0.15) is 0 Å². The molecule has 0 aromatic heterocycles. The molecule has 0 radical (unpaired) electrons. The van der Waals surface area contributed by atoms with Gasteiger partial charge < -0.3 is 5.11 Å². The third-order valence-corrected chi connectivity index (χ3v) is 2.46. The fourth-order valence-electron chi connectivity index (χ4n) is 0.901. The van der Waals surface area contributed by atoms with E-state index in [1.54, 1.807) is 6.92 Å². The molecule has 0 aromatic carbocycles. The Hall–Kier alpha value is -0.820. The Balaban J connectivity index is 4.10. The van der Waals surface area contributed by atoms with E-state index in [-0.39, 0.29) is 6.04 Å². The van der Waals surface area contributed by atoms with Crippen LogP contribution in [0.1, 0.15) is 26.7 Å². The summed E-state index contributed by atoms with van der Waals surface area (Å²) in [4.78, 5) is 10.0. The molecule has 0 fully saturated rings. The fraction of sp³-hybridized carbons (Fsp3) is 0.833. The highest BCUT2D eigenvalue weighted by Crippen LogP contribution is 1.95. The molecule has 78 valence electrons. The largest absolute Gasteiger partial charge is 0.464 e. The Morgan fingerprint density at radius 1 is 1.54 bits per heavy atom. The molecule has 3 N–H and O–H groups in total. The van der Waals surface area contributed by atoms with Crippen LogP contribution in [0.4, 0.5) is 4.79 Å². The second-order valence-electron chi connectivity index (χ2n) is 2.72. The summed E-state index contributed by atoms with van der Waals surface area (Å²) in [6, 6.07) is -0.262. The maximum atomic E-state index is 10.9. The van der Waals surface area contributed by atoms with Crippen LogP contribution in [-0.2, 0) is 10.2 Å². The topological polar surface area (TPSA) is 95.5 Å². The minimum absolute atomic E-state index is 0.262. The zero-order valence-electron chi connectivity index (χ0n) is 7.57. The molecule has 1 unspecified atom stereocenters. The number of nitrogens with one attached hydrogen (secondary N) is 2. The number of carbonyl (C=O) groups is 1. The van der Waals surface area contributed by atoms with Crippen LogP contribution >= 0.6 is 0 Å². The quantitative estimate of drug-likeness (QED) is 0.607. The van der Waals surface area contributed by atoms with Gasteiger partial charge in [0.2, 0.25) is 0 Å². The van der Waals surface area contributed by atoms with Crippen molar-refractivity contribution in [2.75, 3.05) is 0 Å². The van der Waals surface area contributed by atoms with Crippen molar-refractivity contribution in [3.05, 3.63) is 0 Å². The molecule has 0 aliphatic carbocycles. The zero-order valence-corrected chi connectivity index (χ0v) is 8.39. The summed E-state index contributed by atoms with van der Waals surface area (Å²) in [6.07, 6.45) is -0.0895. The highest BCUT2D eigenvalue weighted by Gasteiger charge is 2.15. The molecule has 6 nitrogen and oxygen atoms in total. The molecular formula is C6H14N2O4S. The summed E-state index contributed by atoms with van der Waals surface area (Å²) < 4.78 is 25.4. The molecule has 0 heterocycles. The van der Waals surface area contributed by atoms with E-state index in [0.717, 1.165) is 6.42 Å². The highest BCUT2D eigenvalue weighted by atomic mass is 32.2.